The van der Waals surface area contributed by atoms with E-state index in [0.29, 0.717) is 18.5 Å². The van der Waals surface area contributed by atoms with Crippen molar-refractivity contribution in [1.82, 2.24) is 9.47 Å². The fraction of sp³-hybridized carbons (Fsp3) is 0.600. The number of carbonyl (C=O) groups excluding carboxylic acids is 1. The summed E-state index contributed by atoms with van der Waals surface area (Å²) in [6, 6.07) is 1.19. The van der Waals surface area contributed by atoms with Crippen molar-refractivity contribution in [2.24, 2.45) is 0 Å². The summed E-state index contributed by atoms with van der Waals surface area (Å²) in [5, 5.41) is 9.28. The average Bonchev–Trinajstić information content (AvgIpc) is 2.72. The van der Waals surface area contributed by atoms with Crippen LogP contribution in [0.1, 0.15) is 47.9 Å². The van der Waals surface area contributed by atoms with E-state index in [1.54, 1.807) is 0 Å². The first-order valence-electron chi connectivity index (χ1n) is 7.17. The largest absolute Gasteiger partial charge is 0.480 e. The molecule has 1 saturated heterocycles. The molecule has 1 aromatic heterocycles. The number of hydrogen-bond donors (Lipinski definition) is 1. The zero-order valence-electron chi connectivity index (χ0n) is 12.3. The van der Waals surface area contributed by atoms with Gasteiger partial charge in [-0.15, -0.1) is 0 Å². The highest BCUT2D eigenvalue weighted by atomic mass is 16.4. The van der Waals surface area contributed by atoms with E-state index in [2.05, 4.69) is 4.57 Å². The lowest BCUT2D eigenvalue weighted by Gasteiger charge is -2.33. The maximum Gasteiger partial charge on any atom is 0.326 e. The number of piperidine rings is 1. The minimum absolute atomic E-state index is 0.148. The Labute approximate surface area is 119 Å². The topological polar surface area (TPSA) is 62.5 Å². The molecular weight excluding hydrogens is 256 g/mol. The normalized spacial score (nSPS) is 19.1. The Morgan fingerprint density at radius 1 is 1.35 bits per heavy atom. The van der Waals surface area contributed by atoms with Crippen LogP contribution in [0.5, 0.6) is 0 Å². The van der Waals surface area contributed by atoms with Gasteiger partial charge in [-0.1, -0.05) is 0 Å². The summed E-state index contributed by atoms with van der Waals surface area (Å²) in [6.07, 6.45) is 2.30. The highest BCUT2D eigenvalue weighted by Crippen LogP contribution is 2.23. The average molecular weight is 278 g/mol. The molecule has 5 heteroatoms. The van der Waals surface area contributed by atoms with Gasteiger partial charge in [0.1, 0.15) is 6.04 Å². The van der Waals surface area contributed by atoms with Gasteiger partial charge in [0, 0.05) is 24.5 Å². The van der Waals surface area contributed by atoms with Gasteiger partial charge in [-0.05, 0) is 46.1 Å². The molecule has 110 valence electrons. The molecule has 0 aliphatic carbocycles. The molecule has 0 bridgehead atoms. The van der Waals surface area contributed by atoms with Crippen LogP contribution in [0.3, 0.4) is 0 Å². The third-order valence-corrected chi connectivity index (χ3v) is 4.17. The highest BCUT2D eigenvalue weighted by Gasteiger charge is 2.33. The van der Waals surface area contributed by atoms with Crippen LogP contribution in [-0.4, -0.2) is 39.0 Å². The van der Waals surface area contributed by atoms with Crippen LogP contribution < -0.4 is 0 Å². The number of rotatable bonds is 3. The predicted octanol–water partition coefficient (Wildman–Crippen LogP) is 2.20. The summed E-state index contributed by atoms with van der Waals surface area (Å²) in [6.45, 7) is 7.27. The van der Waals surface area contributed by atoms with Crippen molar-refractivity contribution < 1.29 is 14.7 Å². The number of nitrogens with zero attached hydrogens (tertiary/aromatic N) is 2. The molecule has 0 saturated carbocycles. The molecule has 1 unspecified atom stereocenters. The van der Waals surface area contributed by atoms with E-state index < -0.39 is 12.0 Å². The van der Waals surface area contributed by atoms with Gasteiger partial charge < -0.3 is 14.6 Å². The number of aliphatic carboxylic acids is 1. The molecule has 1 amide bonds. The van der Waals surface area contributed by atoms with Gasteiger partial charge in [0.2, 0.25) is 0 Å². The standard InChI is InChI=1S/C15H22N2O3/c1-4-16-10(2)9-12(11(16)3)14(18)17-8-6-5-7-13(17)15(19)20/h9,13H,4-8H2,1-3H3,(H,19,20). The maximum atomic E-state index is 12.7. The second kappa shape index (κ2) is 5.69. The third-order valence-electron chi connectivity index (χ3n) is 4.17. The number of amides is 1. The number of carbonyl (C=O) groups is 2. The van der Waals surface area contributed by atoms with Crippen LogP contribution in [0.4, 0.5) is 0 Å². The number of likely N-dealkylation sites (tertiary alicyclic amines) is 1. The zero-order valence-corrected chi connectivity index (χ0v) is 12.3. The van der Waals surface area contributed by atoms with E-state index in [1.807, 2.05) is 26.8 Å². The van der Waals surface area contributed by atoms with Crippen molar-refractivity contribution in [3.63, 3.8) is 0 Å². The fourth-order valence-corrected chi connectivity index (χ4v) is 3.09. The summed E-state index contributed by atoms with van der Waals surface area (Å²) < 4.78 is 2.08. The Morgan fingerprint density at radius 3 is 2.60 bits per heavy atom. The fourth-order valence-electron chi connectivity index (χ4n) is 3.09. The van der Waals surface area contributed by atoms with E-state index in [9.17, 15) is 14.7 Å². The van der Waals surface area contributed by atoms with Crippen molar-refractivity contribution in [1.29, 1.82) is 0 Å². The monoisotopic (exact) mass is 278 g/mol. The van der Waals surface area contributed by atoms with Gasteiger partial charge in [-0.25, -0.2) is 4.79 Å². The Kier molecular flexibility index (Phi) is 4.16. The smallest absolute Gasteiger partial charge is 0.326 e. The van der Waals surface area contributed by atoms with Crippen molar-refractivity contribution in [2.45, 2.75) is 52.6 Å². The number of carboxylic acids is 1. The molecular formula is C15H22N2O3. The van der Waals surface area contributed by atoms with E-state index in [0.717, 1.165) is 30.8 Å². The van der Waals surface area contributed by atoms with Crippen LogP contribution in [0.25, 0.3) is 0 Å². The highest BCUT2D eigenvalue weighted by molar-refractivity contribution is 5.98. The minimum atomic E-state index is -0.901. The molecule has 2 rings (SSSR count). The van der Waals surface area contributed by atoms with Crippen LogP contribution >= 0.6 is 0 Å². The molecule has 20 heavy (non-hydrogen) atoms. The van der Waals surface area contributed by atoms with Gasteiger partial charge in [0.15, 0.2) is 0 Å². The first-order chi connectivity index (χ1) is 9.47. The second-order valence-electron chi connectivity index (χ2n) is 5.38. The van der Waals surface area contributed by atoms with Gasteiger partial charge in [0.25, 0.3) is 5.91 Å². The van der Waals surface area contributed by atoms with Crippen molar-refractivity contribution in [3.05, 3.63) is 23.0 Å². The van der Waals surface area contributed by atoms with Crippen LogP contribution in [0.15, 0.2) is 6.07 Å². The summed E-state index contributed by atoms with van der Waals surface area (Å²) in [5.41, 5.74) is 2.60. The molecule has 0 spiro atoms. The molecule has 5 nitrogen and oxygen atoms in total. The maximum absolute atomic E-state index is 12.7. The van der Waals surface area contributed by atoms with Crippen LogP contribution in [-0.2, 0) is 11.3 Å². The van der Waals surface area contributed by atoms with Crippen molar-refractivity contribution >= 4 is 11.9 Å². The molecule has 1 atom stereocenters. The van der Waals surface area contributed by atoms with E-state index in [4.69, 9.17) is 0 Å². The summed E-state index contributed by atoms with van der Waals surface area (Å²) in [7, 11) is 0. The van der Waals surface area contributed by atoms with Gasteiger partial charge in [0.05, 0.1) is 5.56 Å². The lowest BCUT2D eigenvalue weighted by molar-refractivity contribution is -0.143. The quantitative estimate of drug-likeness (QED) is 0.922. The van der Waals surface area contributed by atoms with Crippen LogP contribution in [0, 0.1) is 13.8 Å². The van der Waals surface area contributed by atoms with Gasteiger partial charge >= 0.3 is 5.97 Å². The molecule has 1 aliphatic rings. The minimum Gasteiger partial charge on any atom is -0.480 e. The number of aromatic nitrogens is 1. The Hall–Kier alpha value is -1.78. The summed E-state index contributed by atoms with van der Waals surface area (Å²) in [5.74, 6) is -1.05. The third kappa shape index (κ3) is 2.44. The lowest BCUT2D eigenvalue weighted by Crippen LogP contribution is -2.48. The lowest BCUT2D eigenvalue weighted by atomic mass is 10.0. The molecule has 1 N–H and O–H groups in total. The Balaban J connectivity index is 2.32. The molecule has 2 heterocycles. The van der Waals surface area contributed by atoms with E-state index in [1.165, 1.54) is 4.90 Å². The molecule has 1 fully saturated rings. The predicted molar refractivity (Wildman–Crippen MR) is 75.9 cm³/mol. The van der Waals surface area contributed by atoms with Gasteiger partial charge in [-0.2, -0.15) is 0 Å². The van der Waals surface area contributed by atoms with Crippen molar-refractivity contribution in [3.8, 4) is 0 Å². The number of hydrogen-bond acceptors (Lipinski definition) is 2. The number of aryl methyl sites for hydroxylation is 1. The zero-order chi connectivity index (χ0) is 14.9. The molecule has 0 aromatic carbocycles. The SMILES string of the molecule is CCn1c(C)cc(C(=O)N2CCCCC2C(=O)O)c1C. The summed E-state index contributed by atoms with van der Waals surface area (Å²) in [4.78, 5) is 25.5. The van der Waals surface area contributed by atoms with E-state index in [-0.39, 0.29) is 5.91 Å². The summed E-state index contributed by atoms with van der Waals surface area (Å²) >= 11 is 0. The second-order valence-corrected chi connectivity index (χ2v) is 5.38. The first kappa shape index (κ1) is 14.6. The van der Waals surface area contributed by atoms with Gasteiger partial charge in [-0.3, -0.25) is 4.79 Å². The molecule has 0 radical (unpaired) electrons. The molecule has 1 aromatic rings. The number of carboxylic acid groups (broad SMARTS) is 1. The van der Waals surface area contributed by atoms with E-state index >= 15 is 0 Å². The first-order valence-corrected chi connectivity index (χ1v) is 7.17. The Morgan fingerprint density at radius 2 is 2.05 bits per heavy atom. The Bertz CT molecular complexity index is 533. The molecule has 1 aliphatic heterocycles. The van der Waals surface area contributed by atoms with Crippen molar-refractivity contribution in [2.75, 3.05) is 6.54 Å². The van der Waals surface area contributed by atoms with Crippen LogP contribution in [0.2, 0.25) is 0 Å².